The number of Topliss-reactive ketones (excluding diaryl/α,β-unsaturated/α-hetero) is 1. The molecule has 144 valence electrons. The Morgan fingerprint density at radius 3 is 2.56 bits per heavy atom. The fourth-order valence-corrected chi connectivity index (χ4v) is 3.47. The minimum atomic E-state index is -0.00496. The molecule has 0 heterocycles. The van der Waals surface area contributed by atoms with E-state index in [9.17, 15) is 9.59 Å². The molecule has 0 fully saturated rings. The Labute approximate surface area is 169 Å². The molecule has 2 aromatic carbocycles. The molecule has 0 spiro atoms. The summed E-state index contributed by atoms with van der Waals surface area (Å²) < 4.78 is 5.62. The molecule has 0 bridgehead atoms. The van der Waals surface area contributed by atoms with Crippen LogP contribution < -0.4 is 10.1 Å². The Hall–Kier alpha value is -1.98. The van der Waals surface area contributed by atoms with E-state index in [-0.39, 0.29) is 11.7 Å². The number of rotatable bonds is 10. The molecule has 0 aromatic heterocycles. The van der Waals surface area contributed by atoms with Crippen LogP contribution in [0.4, 0.5) is 0 Å². The highest BCUT2D eigenvalue weighted by atomic mass is 35.5. The zero-order valence-corrected chi connectivity index (χ0v) is 17.2. The number of ether oxygens (including phenoxy) is 1. The summed E-state index contributed by atoms with van der Waals surface area (Å²) in [6, 6.07) is 13.0. The van der Waals surface area contributed by atoms with Crippen molar-refractivity contribution < 1.29 is 14.3 Å². The Balaban J connectivity index is 1.79. The smallest absolute Gasteiger partial charge is 0.230 e. The van der Waals surface area contributed by atoms with Crippen molar-refractivity contribution in [1.82, 2.24) is 5.32 Å². The molecule has 0 atom stereocenters. The maximum absolute atomic E-state index is 12.0. The average molecular weight is 406 g/mol. The SMILES string of the molecule is CCOc1ccc(C(C)=O)cc1CSCC(=O)NCCc1ccc(Cl)cc1. The molecule has 4 nitrogen and oxygen atoms in total. The number of nitrogens with one attached hydrogen (secondary N) is 1. The lowest BCUT2D eigenvalue weighted by molar-refractivity contribution is -0.118. The van der Waals surface area contributed by atoms with Crippen LogP contribution in [0.5, 0.6) is 5.75 Å². The number of benzene rings is 2. The first-order valence-corrected chi connectivity index (χ1v) is 10.4. The van der Waals surface area contributed by atoms with Gasteiger partial charge in [-0.15, -0.1) is 11.8 Å². The van der Waals surface area contributed by atoms with Crippen LogP contribution in [0, 0.1) is 0 Å². The van der Waals surface area contributed by atoms with Gasteiger partial charge < -0.3 is 10.1 Å². The minimum Gasteiger partial charge on any atom is -0.494 e. The average Bonchev–Trinajstić information content (AvgIpc) is 2.64. The van der Waals surface area contributed by atoms with Crippen LogP contribution in [-0.2, 0) is 17.0 Å². The van der Waals surface area contributed by atoms with E-state index in [0.29, 0.717) is 35.2 Å². The van der Waals surface area contributed by atoms with Gasteiger partial charge in [0.25, 0.3) is 0 Å². The van der Waals surface area contributed by atoms with E-state index in [1.54, 1.807) is 13.0 Å². The summed E-state index contributed by atoms with van der Waals surface area (Å²) in [5.74, 6) is 1.74. The first-order valence-electron chi connectivity index (χ1n) is 8.85. The number of hydrogen-bond acceptors (Lipinski definition) is 4. The van der Waals surface area contributed by atoms with E-state index in [1.165, 1.54) is 11.8 Å². The fraction of sp³-hybridized carbons (Fsp3) is 0.333. The maximum Gasteiger partial charge on any atom is 0.230 e. The molecule has 2 rings (SSSR count). The molecule has 6 heteroatoms. The third kappa shape index (κ3) is 7.27. The zero-order chi connectivity index (χ0) is 19.6. The van der Waals surface area contributed by atoms with E-state index >= 15 is 0 Å². The normalized spacial score (nSPS) is 10.5. The number of amides is 1. The Morgan fingerprint density at radius 1 is 1.15 bits per heavy atom. The lowest BCUT2D eigenvalue weighted by Gasteiger charge is -2.11. The van der Waals surface area contributed by atoms with Gasteiger partial charge in [-0.05, 0) is 56.2 Å². The fourth-order valence-electron chi connectivity index (χ4n) is 2.51. The maximum atomic E-state index is 12.0. The lowest BCUT2D eigenvalue weighted by atomic mass is 10.1. The molecule has 0 aliphatic heterocycles. The van der Waals surface area contributed by atoms with Crippen LogP contribution in [0.3, 0.4) is 0 Å². The molecule has 0 saturated carbocycles. The summed E-state index contributed by atoms with van der Waals surface area (Å²) in [7, 11) is 0. The zero-order valence-electron chi connectivity index (χ0n) is 15.6. The van der Waals surface area contributed by atoms with Crippen molar-refractivity contribution in [3.05, 3.63) is 64.2 Å². The molecule has 0 unspecified atom stereocenters. The summed E-state index contributed by atoms with van der Waals surface area (Å²) in [5, 5.41) is 3.63. The molecular formula is C21H24ClNO3S. The van der Waals surface area contributed by atoms with E-state index in [4.69, 9.17) is 16.3 Å². The van der Waals surface area contributed by atoms with E-state index < -0.39 is 0 Å². The third-order valence-corrected chi connectivity index (χ3v) is 5.14. The van der Waals surface area contributed by atoms with Crippen molar-refractivity contribution in [2.24, 2.45) is 0 Å². The van der Waals surface area contributed by atoms with Gasteiger partial charge in [0.15, 0.2) is 5.78 Å². The number of halogens is 1. The van der Waals surface area contributed by atoms with Gasteiger partial charge in [-0.25, -0.2) is 0 Å². The molecule has 0 saturated heterocycles. The summed E-state index contributed by atoms with van der Waals surface area (Å²) in [4.78, 5) is 23.6. The second-order valence-corrected chi connectivity index (χ2v) is 7.45. The van der Waals surface area contributed by atoms with Crippen LogP contribution in [-0.4, -0.2) is 30.6 Å². The molecule has 0 radical (unpaired) electrons. The first-order chi connectivity index (χ1) is 13.0. The van der Waals surface area contributed by atoms with Crippen molar-refractivity contribution in [2.45, 2.75) is 26.0 Å². The largest absolute Gasteiger partial charge is 0.494 e. The molecule has 1 N–H and O–H groups in total. The second kappa shape index (κ2) is 11.0. The third-order valence-electron chi connectivity index (χ3n) is 3.91. The minimum absolute atomic E-state index is 0.00496. The highest BCUT2D eigenvalue weighted by molar-refractivity contribution is 7.99. The van der Waals surface area contributed by atoms with E-state index in [1.807, 2.05) is 43.3 Å². The van der Waals surface area contributed by atoms with Crippen LogP contribution >= 0.6 is 23.4 Å². The van der Waals surface area contributed by atoms with Crippen molar-refractivity contribution in [3.8, 4) is 5.75 Å². The van der Waals surface area contributed by atoms with Gasteiger partial charge in [-0.2, -0.15) is 0 Å². The van der Waals surface area contributed by atoms with Crippen LogP contribution in [0.25, 0.3) is 0 Å². The molecule has 27 heavy (non-hydrogen) atoms. The lowest BCUT2D eigenvalue weighted by Crippen LogP contribution is -2.27. The predicted octanol–water partition coefficient (Wildman–Crippen LogP) is 4.53. The topological polar surface area (TPSA) is 55.4 Å². The number of carbonyl (C=O) groups is 2. The number of thioether (sulfide) groups is 1. The van der Waals surface area contributed by atoms with E-state index in [0.717, 1.165) is 23.3 Å². The van der Waals surface area contributed by atoms with Gasteiger partial charge in [-0.3, -0.25) is 9.59 Å². The van der Waals surface area contributed by atoms with Crippen LogP contribution in [0.1, 0.15) is 35.3 Å². The van der Waals surface area contributed by atoms with Crippen LogP contribution in [0.2, 0.25) is 5.02 Å². The molecule has 0 aliphatic carbocycles. The second-order valence-electron chi connectivity index (χ2n) is 6.03. The van der Waals surface area contributed by atoms with Gasteiger partial charge in [0.05, 0.1) is 12.4 Å². The van der Waals surface area contributed by atoms with Gasteiger partial charge in [0, 0.05) is 28.4 Å². The van der Waals surface area contributed by atoms with Crippen molar-refractivity contribution in [1.29, 1.82) is 0 Å². The summed E-state index contributed by atoms with van der Waals surface area (Å²) in [6.07, 6.45) is 0.767. The Bertz CT molecular complexity index is 777. The standard InChI is InChI=1S/C21H24ClNO3S/c1-3-26-20-9-6-17(15(2)24)12-18(20)13-27-14-21(25)23-11-10-16-4-7-19(22)8-5-16/h4-9,12H,3,10-11,13-14H2,1-2H3,(H,23,25). The Kier molecular flexibility index (Phi) is 8.69. The summed E-state index contributed by atoms with van der Waals surface area (Å²) in [5.41, 5.74) is 2.72. The van der Waals surface area contributed by atoms with Gasteiger partial charge >= 0.3 is 0 Å². The quantitative estimate of drug-likeness (QED) is 0.590. The van der Waals surface area contributed by atoms with Gasteiger partial charge in [0.1, 0.15) is 5.75 Å². The number of ketones is 1. The van der Waals surface area contributed by atoms with Crippen LogP contribution in [0.15, 0.2) is 42.5 Å². The molecule has 0 aliphatic rings. The predicted molar refractivity (Wildman–Crippen MR) is 112 cm³/mol. The highest BCUT2D eigenvalue weighted by Gasteiger charge is 2.09. The summed E-state index contributed by atoms with van der Waals surface area (Å²) >= 11 is 7.36. The van der Waals surface area contributed by atoms with Crippen molar-refractivity contribution >= 4 is 35.1 Å². The van der Waals surface area contributed by atoms with E-state index in [2.05, 4.69) is 5.32 Å². The van der Waals surface area contributed by atoms with Gasteiger partial charge in [-0.1, -0.05) is 23.7 Å². The number of hydrogen-bond donors (Lipinski definition) is 1. The molecule has 1 amide bonds. The summed E-state index contributed by atoms with van der Waals surface area (Å²) in [6.45, 7) is 4.61. The van der Waals surface area contributed by atoms with Gasteiger partial charge in [0.2, 0.25) is 5.91 Å². The van der Waals surface area contributed by atoms with Crippen molar-refractivity contribution in [2.75, 3.05) is 18.9 Å². The monoisotopic (exact) mass is 405 g/mol. The molecular weight excluding hydrogens is 382 g/mol. The first kappa shape index (κ1) is 21.3. The van der Waals surface area contributed by atoms with Crippen molar-refractivity contribution in [3.63, 3.8) is 0 Å². The molecule has 2 aromatic rings. The highest BCUT2D eigenvalue weighted by Crippen LogP contribution is 2.25. The Morgan fingerprint density at radius 2 is 1.89 bits per heavy atom. The number of carbonyl (C=O) groups excluding carboxylic acids is 2.